The van der Waals surface area contributed by atoms with Crippen molar-refractivity contribution >= 4 is 6.03 Å². The minimum absolute atomic E-state index is 0.0307. The zero-order valence-corrected chi connectivity index (χ0v) is 14.5. The Bertz CT molecular complexity index is 638. The molecule has 2 heterocycles. The molecule has 2 N–H and O–H groups in total. The van der Waals surface area contributed by atoms with Crippen molar-refractivity contribution in [2.24, 2.45) is 17.3 Å². The molecule has 3 aliphatic carbocycles. The summed E-state index contributed by atoms with van der Waals surface area (Å²) in [6.45, 7) is 6.93. The van der Waals surface area contributed by atoms with Crippen LogP contribution in [0.15, 0.2) is 11.6 Å². The summed E-state index contributed by atoms with van der Waals surface area (Å²) >= 11 is 0. The summed E-state index contributed by atoms with van der Waals surface area (Å²) in [5, 5.41) is 17.2. The fraction of sp³-hybridized carbons (Fsp3) is 0.765. The van der Waals surface area contributed by atoms with Gasteiger partial charge in [0.2, 0.25) is 0 Å². The van der Waals surface area contributed by atoms with Gasteiger partial charge in [-0.3, -0.25) is 0 Å². The molecule has 1 aliphatic heterocycles. The van der Waals surface area contributed by atoms with Crippen LogP contribution in [-0.2, 0) is 0 Å². The summed E-state index contributed by atoms with van der Waals surface area (Å²) in [5.74, 6) is 2.50. The third kappa shape index (κ3) is 2.59. The lowest BCUT2D eigenvalue weighted by atomic mass is 9.48. The summed E-state index contributed by atoms with van der Waals surface area (Å²) in [6.07, 6.45) is 6.85. The zero-order valence-electron chi connectivity index (χ0n) is 14.5. The number of fused-ring (bicyclic) bond motifs is 1. The van der Waals surface area contributed by atoms with Gasteiger partial charge in [0, 0.05) is 25.6 Å². The maximum Gasteiger partial charge on any atom is 0.317 e. The molecule has 0 aromatic carbocycles. The predicted octanol–water partition coefficient (Wildman–Crippen LogP) is 2.08. The number of allylic oxidation sites excluding steroid dienone is 1. The fourth-order valence-electron chi connectivity index (χ4n) is 4.68. The van der Waals surface area contributed by atoms with E-state index in [0.717, 1.165) is 37.8 Å². The normalized spacial score (nSPS) is 30.7. The minimum atomic E-state index is 0.0307. The third-order valence-electron chi connectivity index (χ3n) is 6.47. The Kier molecular flexibility index (Phi) is 3.81. The van der Waals surface area contributed by atoms with E-state index < -0.39 is 0 Å². The summed E-state index contributed by atoms with van der Waals surface area (Å²) in [7, 11) is 0. The SMILES string of the molecule is CC1(C)[C@H]2CC=C(CCNC(=O)N3CCC(c4nn[nH]n4)C3)[C@@H]1C2. The third-order valence-corrected chi connectivity index (χ3v) is 6.47. The van der Waals surface area contributed by atoms with Gasteiger partial charge in [-0.2, -0.15) is 5.21 Å². The number of tetrazole rings is 1. The van der Waals surface area contributed by atoms with Gasteiger partial charge >= 0.3 is 6.03 Å². The van der Waals surface area contributed by atoms with Crippen molar-refractivity contribution < 1.29 is 4.79 Å². The first kappa shape index (κ1) is 15.6. The van der Waals surface area contributed by atoms with Gasteiger partial charge in [-0.25, -0.2) is 4.79 Å². The van der Waals surface area contributed by atoms with Crippen molar-refractivity contribution in [2.45, 2.75) is 45.4 Å². The number of rotatable bonds is 4. The molecule has 7 nitrogen and oxygen atoms in total. The number of carbonyl (C=O) groups excluding carboxylic acids is 1. The first-order chi connectivity index (χ1) is 11.6. The average molecular weight is 330 g/mol. The standard InChI is InChI=1S/C17H26N6O/c1-17(2)13-4-3-11(14(17)9-13)5-7-18-16(24)23-8-6-12(10-23)15-19-21-22-20-15/h3,12-14H,4-10H2,1-2H3,(H,18,24)(H,19,20,21,22)/t12?,13-,14-/m0/s1. The number of hydrogen-bond donors (Lipinski definition) is 2. The first-order valence-electron chi connectivity index (χ1n) is 9.00. The molecule has 1 aromatic rings. The van der Waals surface area contributed by atoms with Crippen LogP contribution in [0, 0.1) is 17.3 Å². The first-order valence-corrected chi connectivity index (χ1v) is 9.00. The molecule has 1 aromatic heterocycles. The van der Waals surface area contributed by atoms with Gasteiger partial charge in [0.25, 0.3) is 0 Å². The van der Waals surface area contributed by atoms with Gasteiger partial charge in [0.1, 0.15) is 0 Å². The lowest BCUT2D eigenvalue weighted by molar-refractivity contribution is -0.00810. The van der Waals surface area contributed by atoms with E-state index in [1.807, 2.05) is 4.90 Å². The van der Waals surface area contributed by atoms with Crippen molar-refractivity contribution in [1.29, 1.82) is 0 Å². The van der Waals surface area contributed by atoms with Crippen molar-refractivity contribution in [3.63, 3.8) is 0 Å². The molecule has 130 valence electrons. The van der Waals surface area contributed by atoms with Gasteiger partial charge in [0.05, 0.1) is 0 Å². The molecule has 1 saturated carbocycles. The largest absolute Gasteiger partial charge is 0.338 e. The van der Waals surface area contributed by atoms with E-state index in [-0.39, 0.29) is 11.9 Å². The number of likely N-dealkylation sites (tertiary alicyclic amines) is 1. The lowest BCUT2D eigenvalue weighted by Gasteiger charge is -2.56. The van der Waals surface area contributed by atoms with E-state index in [4.69, 9.17) is 0 Å². The van der Waals surface area contributed by atoms with E-state index >= 15 is 0 Å². The number of nitrogens with zero attached hydrogens (tertiary/aromatic N) is 4. The minimum Gasteiger partial charge on any atom is -0.338 e. The van der Waals surface area contributed by atoms with E-state index in [2.05, 4.69) is 45.9 Å². The monoisotopic (exact) mass is 330 g/mol. The van der Waals surface area contributed by atoms with Crippen LogP contribution in [-0.4, -0.2) is 51.2 Å². The highest BCUT2D eigenvalue weighted by atomic mass is 16.2. The molecule has 24 heavy (non-hydrogen) atoms. The molecular weight excluding hydrogens is 304 g/mol. The molecule has 5 rings (SSSR count). The van der Waals surface area contributed by atoms with Crippen molar-refractivity contribution in [2.75, 3.05) is 19.6 Å². The van der Waals surface area contributed by atoms with Gasteiger partial charge in [-0.15, -0.1) is 10.2 Å². The molecular formula is C17H26N6O. The molecule has 3 atom stereocenters. The van der Waals surface area contributed by atoms with Crippen molar-refractivity contribution in [3.05, 3.63) is 17.5 Å². The van der Waals surface area contributed by atoms with Gasteiger partial charge in [-0.05, 0) is 42.9 Å². The molecule has 4 aliphatic rings. The topological polar surface area (TPSA) is 86.8 Å². The van der Waals surface area contributed by atoms with E-state index in [1.54, 1.807) is 5.57 Å². The van der Waals surface area contributed by atoms with Crippen LogP contribution in [0.3, 0.4) is 0 Å². The second kappa shape index (κ2) is 5.86. The molecule has 7 heteroatoms. The maximum absolute atomic E-state index is 12.4. The van der Waals surface area contributed by atoms with Gasteiger partial charge in [0.15, 0.2) is 5.82 Å². The number of H-pyrrole nitrogens is 1. The van der Waals surface area contributed by atoms with Gasteiger partial charge < -0.3 is 10.2 Å². The molecule has 2 amide bonds. The van der Waals surface area contributed by atoms with E-state index in [0.29, 0.717) is 17.8 Å². The van der Waals surface area contributed by atoms with Gasteiger partial charge in [-0.1, -0.05) is 30.7 Å². The number of nitrogens with one attached hydrogen (secondary N) is 2. The van der Waals surface area contributed by atoms with Crippen LogP contribution in [0.1, 0.15) is 51.3 Å². The van der Waals surface area contributed by atoms with Crippen LogP contribution >= 0.6 is 0 Å². The highest BCUT2D eigenvalue weighted by molar-refractivity contribution is 5.74. The Morgan fingerprint density at radius 2 is 2.38 bits per heavy atom. The number of amides is 2. The van der Waals surface area contributed by atoms with Crippen molar-refractivity contribution in [1.82, 2.24) is 30.8 Å². The Morgan fingerprint density at radius 1 is 1.50 bits per heavy atom. The highest BCUT2D eigenvalue weighted by Crippen LogP contribution is 2.59. The Hall–Kier alpha value is -1.92. The van der Waals surface area contributed by atoms with Crippen LogP contribution in [0.25, 0.3) is 0 Å². The Labute approximate surface area is 142 Å². The van der Waals surface area contributed by atoms with Crippen LogP contribution in [0.5, 0.6) is 0 Å². The molecule has 1 saturated heterocycles. The quantitative estimate of drug-likeness (QED) is 0.828. The lowest BCUT2D eigenvalue weighted by Crippen LogP contribution is -2.48. The second-order valence-electron chi connectivity index (χ2n) is 8.00. The predicted molar refractivity (Wildman–Crippen MR) is 89.2 cm³/mol. The second-order valence-corrected chi connectivity index (χ2v) is 8.00. The number of carbonyl (C=O) groups is 1. The number of aromatic amines is 1. The van der Waals surface area contributed by atoms with E-state index in [9.17, 15) is 4.79 Å². The molecule has 2 bridgehead atoms. The average Bonchev–Trinajstić information content (AvgIpc) is 3.26. The zero-order chi connectivity index (χ0) is 16.7. The number of hydrogen-bond acceptors (Lipinski definition) is 4. The van der Waals surface area contributed by atoms with Crippen molar-refractivity contribution in [3.8, 4) is 0 Å². The smallest absolute Gasteiger partial charge is 0.317 e. The number of aromatic nitrogens is 4. The summed E-state index contributed by atoms with van der Waals surface area (Å²) in [5.41, 5.74) is 2.01. The molecule has 1 unspecified atom stereocenters. The highest BCUT2D eigenvalue weighted by Gasteiger charge is 2.50. The molecule has 0 spiro atoms. The summed E-state index contributed by atoms with van der Waals surface area (Å²) in [6, 6.07) is 0.0307. The summed E-state index contributed by atoms with van der Waals surface area (Å²) < 4.78 is 0. The summed E-state index contributed by atoms with van der Waals surface area (Å²) in [4.78, 5) is 14.2. The van der Waals surface area contributed by atoms with E-state index in [1.165, 1.54) is 12.8 Å². The van der Waals surface area contributed by atoms with Crippen LogP contribution in [0.4, 0.5) is 4.79 Å². The Balaban J connectivity index is 1.24. The maximum atomic E-state index is 12.4. The Morgan fingerprint density at radius 3 is 3.08 bits per heavy atom. The molecule has 2 fully saturated rings. The number of urea groups is 1. The molecule has 0 radical (unpaired) electrons. The van der Waals surface area contributed by atoms with Crippen LogP contribution < -0.4 is 5.32 Å². The van der Waals surface area contributed by atoms with Crippen LogP contribution in [0.2, 0.25) is 0 Å². The fourth-order valence-corrected chi connectivity index (χ4v) is 4.68.